The Morgan fingerprint density at radius 3 is 3.09 bits per heavy atom. The van der Waals surface area contributed by atoms with Gasteiger partial charge in [0, 0.05) is 31.3 Å². The lowest BCUT2D eigenvalue weighted by molar-refractivity contribution is -0.00201. The lowest BCUT2D eigenvalue weighted by Crippen LogP contribution is -2.41. The number of nitrogens with two attached hydrogens (primary N) is 1. The Morgan fingerprint density at radius 1 is 1.64 bits per heavy atom. The van der Waals surface area contributed by atoms with Crippen LogP contribution in [0.3, 0.4) is 0 Å². The van der Waals surface area contributed by atoms with E-state index in [1.54, 1.807) is 0 Å². The van der Waals surface area contributed by atoms with E-state index in [0.29, 0.717) is 6.42 Å². The monoisotopic (exact) mass is 310 g/mol. The molecule has 1 aliphatic heterocycles. The summed E-state index contributed by atoms with van der Waals surface area (Å²) in [6, 6.07) is 0.873. The molecule has 1 aliphatic rings. The van der Waals surface area contributed by atoms with Crippen LogP contribution in [0.15, 0.2) is 34.5 Å². The van der Waals surface area contributed by atoms with Gasteiger partial charge in [-0.3, -0.25) is 14.3 Å². The fraction of sp³-hybridized carbons (Fsp3) is 0.462. The summed E-state index contributed by atoms with van der Waals surface area (Å²) in [6.07, 6.45) is 1.55. The molecule has 0 unspecified atom stereocenters. The molecule has 9 nitrogen and oxygen atoms in total. The average molecular weight is 310 g/mol. The van der Waals surface area contributed by atoms with Gasteiger partial charge in [-0.1, -0.05) is 12.7 Å². The summed E-state index contributed by atoms with van der Waals surface area (Å²) >= 11 is 0. The number of nitrogens with one attached hydrogen (secondary N) is 2. The zero-order valence-corrected chi connectivity index (χ0v) is 11.9. The first-order valence-electron chi connectivity index (χ1n) is 6.75. The third-order valence-electron chi connectivity index (χ3n) is 3.22. The molecule has 1 aromatic rings. The number of H-pyrrole nitrogens is 1. The van der Waals surface area contributed by atoms with E-state index < -0.39 is 29.7 Å². The van der Waals surface area contributed by atoms with Crippen molar-refractivity contribution in [3.05, 3.63) is 45.8 Å². The average Bonchev–Trinajstić information content (AvgIpc) is 2.83. The van der Waals surface area contributed by atoms with Gasteiger partial charge in [0.25, 0.3) is 5.56 Å². The van der Waals surface area contributed by atoms with Crippen LogP contribution in [0.4, 0.5) is 4.79 Å². The van der Waals surface area contributed by atoms with E-state index in [2.05, 4.69) is 16.9 Å². The van der Waals surface area contributed by atoms with Crippen molar-refractivity contribution < 1.29 is 14.3 Å². The molecule has 0 spiro atoms. The first kappa shape index (κ1) is 16.0. The fourth-order valence-corrected chi connectivity index (χ4v) is 2.15. The molecule has 2 heterocycles. The summed E-state index contributed by atoms with van der Waals surface area (Å²) in [5, 5.41) is 2.53. The van der Waals surface area contributed by atoms with Crippen molar-refractivity contribution in [3.63, 3.8) is 0 Å². The Morgan fingerprint density at radius 2 is 2.41 bits per heavy atom. The van der Waals surface area contributed by atoms with Crippen LogP contribution < -0.4 is 22.3 Å². The Balaban J connectivity index is 1.94. The van der Waals surface area contributed by atoms with E-state index in [9.17, 15) is 14.4 Å². The van der Waals surface area contributed by atoms with Gasteiger partial charge in [-0.2, -0.15) is 0 Å². The minimum Gasteiger partial charge on any atom is -0.445 e. The number of carbonyl (C=O) groups excluding carboxylic acids is 1. The summed E-state index contributed by atoms with van der Waals surface area (Å²) < 4.78 is 11.7. The van der Waals surface area contributed by atoms with Gasteiger partial charge >= 0.3 is 11.8 Å². The molecule has 9 heteroatoms. The van der Waals surface area contributed by atoms with Gasteiger partial charge in [0.2, 0.25) is 0 Å². The summed E-state index contributed by atoms with van der Waals surface area (Å²) in [6.45, 7) is 3.70. The molecule has 0 saturated carbocycles. The van der Waals surface area contributed by atoms with E-state index in [1.165, 1.54) is 22.9 Å². The zero-order chi connectivity index (χ0) is 16.1. The van der Waals surface area contributed by atoms with Crippen LogP contribution in [0, 0.1) is 0 Å². The van der Waals surface area contributed by atoms with Crippen molar-refractivity contribution in [2.45, 2.75) is 24.8 Å². The molecule has 0 aromatic carbocycles. The number of hydrogen-bond acceptors (Lipinski definition) is 6. The van der Waals surface area contributed by atoms with Gasteiger partial charge in [-0.15, -0.1) is 0 Å². The number of nitrogens with zero attached hydrogens (tertiary/aromatic N) is 1. The third kappa shape index (κ3) is 3.83. The van der Waals surface area contributed by atoms with Crippen LogP contribution >= 0.6 is 0 Å². The fourth-order valence-electron chi connectivity index (χ4n) is 2.15. The van der Waals surface area contributed by atoms with E-state index in [1.807, 2.05) is 0 Å². The van der Waals surface area contributed by atoms with Gasteiger partial charge in [-0.05, 0) is 0 Å². The van der Waals surface area contributed by atoms with Crippen molar-refractivity contribution in [3.8, 4) is 0 Å². The molecule has 4 N–H and O–H groups in total. The maximum Gasteiger partial charge on any atom is 0.407 e. The highest BCUT2D eigenvalue weighted by molar-refractivity contribution is 5.67. The van der Waals surface area contributed by atoms with Crippen molar-refractivity contribution in [1.29, 1.82) is 0 Å². The molecule has 120 valence electrons. The molecule has 22 heavy (non-hydrogen) atoms. The molecule has 3 atom stereocenters. The number of hydrogen-bond donors (Lipinski definition) is 3. The highest BCUT2D eigenvalue weighted by Gasteiger charge is 2.34. The predicted molar refractivity (Wildman–Crippen MR) is 77.4 cm³/mol. The first-order valence-corrected chi connectivity index (χ1v) is 6.75. The number of carbonyl (C=O) groups is 1. The molecule has 1 fully saturated rings. The Labute approximate surface area is 125 Å². The number of ether oxygens (including phenoxy) is 2. The van der Waals surface area contributed by atoms with E-state index in [-0.39, 0.29) is 19.2 Å². The number of aromatic amines is 1. The van der Waals surface area contributed by atoms with Crippen molar-refractivity contribution in [2.75, 3.05) is 13.2 Å². The molecule has 2 rings (SSSR count). The lowest BCUT2D eigenvalue weighted by atomic mass is 10.1. The summed E-state index contributed by atoms with van der Waals surface area (Å²) in [5.41, 5.74) is 4.91. The Hall–Kier alpha value is -2.39. The topological polar surface area (TPSA) is 128 Å². The second-order valence-corrected chi connectivity index (χ2v) is 4.81. The maximum atomic E-state index is 11.7. The van der Waals surface area contributed by atoms with Crippen molar-refractivity contribution in [1.82, 2.24) is 14.9 Å². The van der Waals surface area contributed by atoms with E-state index in [0.717, 1.165) is 0 Å². The number of amides is 1. The predicted octanol–water partition coefficient (Wildman–Crippen LogP) is -0.936. The molecule has 0 bridgehead atoms. The second kappa shape index (κ2) is 7.05. The zero-order valence-electron chi connectivity index (χ0n) is 11.9. The number of rotatable bonds is 5. The highest BCUT2D eigenvalue weighted by atomic mass is 16.5. The normalized spacial score (nSPS) is 24.0. The van der Waals surface area contributed by atoms with E-state index >= 15 is 0 Å². The van der Waals surface area contributed by atoms with Gasteiger partial charge in [0.05, 0.1) is 6.10 Å². The number of aromatic nitrogens is 2. The Kier molecular flexibility index (Phi) is 5.12. The second-order valence-electron chi connectivity index (χ2n) is 4.81. The summed E-state index contributed by atoms with van der Waals surface area (Å²) in [7, 11) is 0. The van der Waals surface area contributed by atoms with Crippen LogP contribution in [0.5, 0.6) is 0 Å². The van der Waals surface area contributed by atoms with Gasteiger partial charge < -0.3 is 20.5 Å². The lowest BCUT2D eigenvalue weighted by Gasteiger charge is -2.16. The Bertz CT molecular complexity index is 652. The van der Waals surface area contributed by atoms with Crippen molar-refractivity contribution in [2.24, 2.45) is 5.73 Å². The SMILES string of the molecule is C=CCOC(=O)NC[C@H]1O[C@@H](n2ccc(=O)[nH]c2=O)C[C@@H]1N. The first-order chi connectivity index (χ1) is 10.5. The molecule has 0 aliphatic carbocycles. The molecular formula is C13H18N4O5. The maximum absolute atomic E-state index is 11.7. The summed E-state index contributed by atoms with van der Waals surface area (Å²) in [4.78, 5) is 36.2. The standard InChI is InChI=1S/C13H18N4O5/c1-2-5-21-13(20)15-7-9-8(14)6-11(22-9)17-4-3-10(18)16-12(17)19/h2-4,8-9,11H,1,5-7,14H2,(H,15,20)(H,16,18,19)/t8-,9+,11+/m0/s1. The molecule has 1 amide bonds. The van der Waals surface area contributed by atoms with Gasteiger partial charge in [0.1, 0.15) is 12.8 Å². The smallest absolute Gasteiger partial charge is 0.407 e. The largest absolute Gasteiger partial charge is 0.445 e. The third-order valence-corrected chi connectivity index (χ3v) is 3.22. The molecule has 1 saturated heterocycles. The summed E-state index contributed by atoms with van der Waals surface area (Å²) in [5.74, 6) is 0. The van der Waals surface area contributed by atoms with Gasteiger partial charge in [-0.25, -0.2) is 9.59 Å². The minimum atomic E-state index is -0.597. The van der Waals surface area contributed by atoms with Crippen LogP contribution in [0.25, 0.3) is 0 Å². The van der Waals surface area contributed by atoms with Crippen LogP contribution in [0.2, 0.25) is 0 Å². The molecule has 0 radical (unpaired) electrons. The molecule has 1 aromatic heterocycles. The quantitative estimate of drug-likeness (QED) is 0.602. The van der Waals surface area contributed by atoms with Crippen LogP contribution in [-0.2, 0) is 9.47 Å². The van der Waals surface area contributed by atoms with Crippen molar-refractivity contribution >= 4 is 6.09 Å². The highest BCUT2D eigenvalue weighted by Crippen LogP contribution is 2.25. The van der Waals surface area contributed by atoms with E-state index in [4.69, 9.17) is 15.2 Å². The number of alkyl carbamates (subject to hydrolysis) is 1. The van der Waals surface area contributed by atoms with Crippen LogP contribution in [0.1, 0.15) is 12.6 Å². The molecular weight excluding hydrogens is 292 g/mol. The van der Waals surface area contributed by atoms with Crippen LogP contribution in [-0.4, -0.2) is 40.9 Å². The minimum absolute atomic E-state index is 0.110. The van der Waals surface area contributed by atoms with Gasteiger partial charge in [0.15, 0.2) is 0 Å².